The maximum absolute atomic E-state index is 12.6. The highest BCUT2D eigenvalue weighted by Gasteiger charge is 2.43. The lowest BCUT2D eigenvalue weighted by atomic mass is 9.86. The van der Waals surface area contributed by atoms with Crippen molar-refractivity contribution in [2.75, 3.05) is 0 Å². The van der Waals surface area contributed by atoms with Crippen molar-refractivity contribution in [2.24, 2.45) is 23.7 Å². The molecule has 3 aliphatic carbocycles. The van der Waals surface area contributed by atoms with Crippen molar-refractivity contribution in [1.82, 2.24) is 0 Å². The van der Waals surface area contributed by atoms with Gasteiger partial charge in [-0.1, -0.05) is 31.4 Å². The fraction of sp³-hybridized carbons (Fsp3) is 0.810. The minimum absolute atomic E-state index is 0.0176. The van der Waals surface area contributed by atoms with E-state index in [-0.39, 0.29) is 36.3 Å². The number of allylic oxidation sites excluding steroid dienone is 2. The Morgan fingerprint density at radius 2 is 1.80 bits per heavy atom. The zero-order chi connectivity index (χ0) is 18.0. The molecule has 0 saturated heterocycles. The predicted molar refractivity (Wildman–Crippen MR) is 95.8 cm³/mol. The van der Waals surface area contributed by atoms with E-state index < -0.39 is 5.60 Å². The molecule has 3 aliphatic rings. The van der Waals surface area contributed by atoms with Crippen molar-refractivity contribution in [3.8, 4) is 0 Å². The molecule has 2 fully saturated rings. The Hall–Kier alpha value is -1.32. The lowest BCUT2D eigenvalue weighted by Gasteiger charge is -2.31. The summed E-state index contributed by atoms with van der Waals surface area (Å²) in [6.07, 6.45) is 11.8. The minimum Gasteiger partial charge on any atom is -0.461 e. The summed E-state index contributed by atoms with van der Waals surface area (Å²) in [5, 5.41) is 0. The largest absolute Gasteiger partial charge is 0.461 e. The van der Waals surface area contributed by atoms with E-state index in [1.54, 1.807) is 0 Å². The molecule has 0 heterocycles. The number of hydrogen-bond donors (Lipinski definition) is 0. The Kier molecular flexibility index (Phi) is 5.55. The van der Waals surface area contributed by atoms with Gasteiger partial charge in [0.1, 0.15) is 11.7 Å². The molecule has 4 unspecified atom stereocenters. The van der Waals surface area contributed by atoms with Crippen LogP contribution in [-0.2, 0) is 19.1 Å². The van der Waals surface area contributed by atoms with Crippen LogP contribution in [-0.4, -0.2) is 23.6 Å². The predicted octanol–water partition coefficient (Wildman–Crippen LogP) is 4.42. The summed E-state index contributed by atoms with van der Waals surface area (Å²) in [5.41, 5.74) is -0.510. The van der Waals surface area contributed by atoms with Crippen LogP contribution in [0.3, 0.4) is 0 Å². The normalized spacial score (nSPS) is 30.3. The van der Waals surface area contributed by atoms with Crippen LogP contribution >= 0.6 is 0 Å². The Morgan fingerprint density at radius 1 is 1.08 bits per heavy atom. The average Bonchev–Trinajstić information content (AvgIpc) is 3.16. The monoisotopic (exact) mass is 348 g/mol. The number of ether oxygens (including phenoxy) is 2. The first-order valence-corrected chi connectivity index (χ1v) is 9.92. The number of carbonyl (C=O) groups is 2. The van der Waals surface area contributed by atoms with Crippen LogP contribution in [0.15, 0.2) is 12.2 Å². The van der Waals surface area contributed by atoms with E-state index >= 15 is 0 Å². The quantitative estimate of drug-likeness (QED) is 0.545. The number of fused-ring (bicyclic) bond motifs is 2. The van der Waals surface area contributed by atoms with Crippen molar-refractivity contribution in [3.05, 3.63) is 12.2 Å². The molecule has 0 radical (unpaired) electrons. The topological polar surface area (TPSA) is 52.6 Å². The number of esters is 2. The molecule has 0 aromatic heterocycles. The van der Waals surface area contributed by atoms with Crippen molar-refractivity contribution in [1.29, 1.82) is 0 Å². The smallest absolute Gasteiger partial charge is 0.310 e. The third-order valence-corrected chi connectivity index (χ3v) is 5.80. The van der Waals surface area contributed by atoms with Gasteiger partial charge in [0.25, 0.3) is 0 Å². The lowest BCUT2D eigenvalue weighted by molar-refractivity contribution is -0.167. The fourth-order valence-corrected chi connectivity index (χ4v) is 4.66. The standard InChI is InChI=1S/C21H32O4/c1-21(2,3)25-19(22)13-18(17-12-14-9-10-16(17)11-14)24-20(23)15-7-5-4-6-8-15/h9-10,14-18H,4-8,11-13H2,1-3H3. The summed E-state index contributed by atoms with van der Waals surface area (Å²) in [6, 6.07) is 0. The van der Waals surface area contributed by atoms with Crippen molar-refractivity contribution >= 4 is 11.9 Å². The summed E-state index contributed by atoms with van der Waals surface area (Å²) in [6.45, 7) is 5.61. The molecule has 4 nitrogen and oxygen atoms in total. The Labute approximate surface area is 151 Å². The molecule has 2 saturated carbocycles. The van der Waals surface area contributed by atoms with Crippen LogP contribution in [0.4, 0.5) is 0 Å². The Bertz CT molecular complexity index is 525. The molecule has 0 aromatic rings. The molecular formula is C21H32O4. The molecule has 0 amide bonds. The molecule has 0 aromatic carbocycles. The molecule has 2 bridgehead atoms. The van der Waals surface area contributed by atoms with Gasteiger partial charge in [-0.25, -0.2) is 0 Å². The maximum Gasteiger partial charge on any atom is 0.310 e. The number of carbonyl (C=O) groups excluding carboxylic acids is 2. The highest BCUT2D eigenvalue weighted by Crippen LogP contribution is 2.46. The van der Waals surface area contributed by atoms with Crippen LogP contribution in [0.5, 0.6) is 0 Å². The highest BCUT2D eigenvalue weighted by atomic mass is 16.6. The molecule has 140 valence electrons. The van der Waals surface area contributed by atoms with Gasteiger partial charge in [-0.05, 0) is 58.3 Å². The summed E-state index contributed by atoms with van der Waals surface area (Å²) in [7, 11) is 0. The van der Waals surface area contributed by atoms with E-state index in [9.17, 15) is 9.59 Å². The van der Waals surface area contributed by atoms with Gasteiger partial charge in [0.2, 0.25) is 0 Å². The van der Waals surface area contributed by atoms with Crippen molar-refractivity contribution < 1.29 is 19.1 Å². The number of hydrogen-bond acceptors (Lipinski definition) is 4. The lowest BCUT2D eigenvalue weighted by Crippen LogP contribution is -2.36. The van der Waals surface area contributed by atoms with E-state index in [2.05, 4.69) is 12.2 Å². The first kappa shape index (κ1) is 18.5. The second-order valence-electron chi connectivity index (χ2n) is 9.04. The zero-order valence-corrected chi connectivity index (χ0v) is 15.8. The molecule has 0 spiro atoms. The second kappa shape index (κ2) is 7.51. The molecule has 25 heavy (non-hydrogen) atoms. The Morgan fingerprint density at radius 3 is 2.36 bits per heavy atom. The van der Waals surface area contributed by atoms with Gasteiger partial charge in [0, 0.05) is 5.92 Å². The zero-order valence-electron chi connectivity index (χ0n) is 15.8. The number of rotatable bonds is 5. The van der Waals surface area contributed by atoms with Crippen LogP contribution in [0, 0.1) is 23.7 Å². The van der Waals surface area contributed by atoms with E-state index in [4.69, 9.17) is 9.47 Å². The third-order valence-electron chi connectivity index (χ3n) is 5.80. The van der Waals surface area contributed by atoms with Gasteiger partial charge in [-0.2, -0.15) is 0 Å². The fourth-order valence-electron chi connectivity index (χ4n) is 4.66. The molecule has 0 aliphatic heterocycles. The molecule has 0 N–H and O–H groups in total. The molecule has 4 atom stereocenters. The van der Waals surface area contributed by atoms with E-state index in [1.807, 2.05) is 20.8 Å². The Balaban J connectivity index is 1.65. The van der Waals surface area contributed by atoms with Gasteiger partial charge in [0.15, 0.2) is 0 Å². The minimum atomic E-state index is -0.510. The summed E-state index contributed by atoms with van der Waals surface area (Å²) in [5.74, 6) is 0.945. The average molecular weight is 348 g/mol. The molecule has 4 heteroatoms. The summed E-state index contributed by atoms with van der Waals surface area (Å²) >= 11 is 0. The summed E-state index contributed by atoms with van der Waals surface area (Å²) < 4.78 is 11.4. The van der Waals surface area contributed by atoms with Crippen LogP contribution in [0.2, 0.25) is 0 Å². The first-order chi connectivity index (χ1) is 11.8. The second-order valence-corrected chi connectivity index (χ2v) is 9.04. The summed E-state index contributed by atoms with van der Waals surface area (Å²) in [4.78, 5) is 25.0. The van der Waals surface area contributed by atoms with Crippen LogP contribution in [0.1, 0.15) is 72.1 Å². The maximum atomic E-state index is 12.6. The molecule has 3 rings (SSSR count). The van der Waals surface area contributed by atoms with Crippen molar-refractivity contribution in [3.63, 3.8) is 0 Å². The highest BCUT2D eigenvalue weighted by molar-refractivity contribution is 5.74. The van der Waals surface area contributed by atoms with Gasteiger partial charge in [-0.15, -0.1) is 0 Å². The van der Waals surface area contributed by atoms with Gasteiger partial charge >= 0.3 is 11.9 Å². The van der Waals surface area contributed by atoms with E-state index in [0.717, 1.165) is 38.5 Å². The third kappa shape index (κ3) is 4.86. The molecular weight excluding hydrogens is 316 g/mol. The van der Waals surface area contributed by atoms with Crippen LogP contribution < -0.4 is 0 Å². The van der Waals surface area contributed by atoms with Crippen LogP contribution in [0.25, 0.3) is 0 Å². The first-order valence-electron chi connectivity index (χ1n) is 9.92. The van der Waals surface area contributed by atoms with E-state index in [1.165, 1.54) is 6.42 Å². The van der Waals surface area contributed by atoms with Gasteiger partial charge in [-0.3, -0.25) is 9.59 Å². The van der Waals surface area contributed by atoms with E-state index in [0.29, 0.717) is 11.8 Å². The van der Waals surface area contributed by atoms with Gasteiger partial charge < -0.3 is 9.47 Å². The van der Waals surface area contributed by atoms with Crippen molar-refractivity contribution in [2.45, 2.75) is 83.8 Å². The van der Waals surface area contributed by atoms with Gasteiger partial charge in [0.05, 0.1) is 12.3 Å². The SMILES string of the molecule is CC(C)(C)OC(=O)CC(OC(=O)C1CCCCC1)C1CC2C=CC1C2.